The number of carbonyl (C=O) groups is 2. The molecule has 3 rings (SSSR count). The number of nitrogens with one attached hydrogen (secondary N) is 2. The number of para-hydroxylation sites is 1. The molecule has 7 heteroatoms. The topological polar surface area (TPSA) is 85.9 Å². The Balaban J connectivity index is 1.60. The van der Waals surface area contributed by atoms with Gasteiger partial charge in [-0.1, -0.05) is 18.2 Å². The lowest BCUT2D eigenvalue weighted by molar-refractivity contribution is -0.128. The summed E-state index contributed by atoms with van der Waals surface area (Å²) in [6, 6.07) is 12.2. The van der Waals surface area contributed by atoms with Gasteiger partial charge in [0, 0.05) is 18.1 Å². The van der Waals surface area contributed by atoms with Gasteiger partial charge >= 0.3 is 0 Å². The van der Waals surface area contributed by atoms with Crippen LogP contribution in [-0.4, -0.2) is 32.1 Å². The van der Waals surface area contributed by atoms with Crippen molar-refractivity contribution in [1.82, 2.24) is 10.9 Å². The predicted octanol–water partition coefficient (Wildman–Crippen LogP) is 1.47. The van der Waals surface area contributed by atoms with Crippen LogP contribution in [0.4, 0.5) is 0 Å². The largest absolute Gasteiger partial charge is 0.497 e. The minimum Gasteiger partial charge on any atom is -0.497 e. The summed E-state index contributed by atoms with van der Waals surface area (Å²) >= 11 is 0. The highest BCUT2D eigenvalue weighted by Gasteiger charge is 2.29. The Morgan fingerprint density at radius 2 is 1.72 bits per heavy atom. The molecule has 0 spiro atoms. The number of hydrazine groups is 1. The van der Waals surface area contributed by atoms with Gasteiger partial charge in [-0.25, -0.2) is 0 Å². The van der Waals surface area contributed by atoms with Crippen LogP contribution in [0.5, 0.6) is 17.2 Å². The third-order valence-electron chi connectivity index (χ3n) is 3.85. The van der Waals surface area contributed by atoms with E-state index in [1.54, 1.807) is 18.2 Å². The molecule has 2 aromatic rings. The smallest absolute Gasteiger partial charge is 0.279 e. The first-order valence-electron chi connectivity index (χ1n) is 7.68. The summed E-state index contributed by atoms with van der Waals surface area (Å²) in [5.41, 5.74) is 6.03. The Bertz CT molecular complexity index is 759. The second-order valence-electron chi connectivity index (χ2n) is 5.46. The fourth-order valence-corrected chi connectivity index (χ4v) is 2.54. The van der Waals surface area contributed by atoms with E-state index in [1.807, 2.05) is 24.3 Å². The van der Waals surface area contributed by atoms with Gasteiger partial charge < -0.3 is 14.2 Å². The molecule has 0 radical (unpaired) electrons. The average molecular weight is 342 g/mol. The summed E-state index contributed by atoms with van der Waals surface area (Å²) in [5.74, 6) is 0.739. The van der Waals surface area contributed by atoms with Crippen LogP contribution in [0.3, 0.4) is 0 Å². The third kappa shape index (κ3) is 3.65. The Hall–Kier alpha value is -3.22. The number of rotatable bonds is 4. The van der Waals surface area contributed by atoms with Crippen LogP contribution >= 0.6 is 0 Å². The number of hydrogen-bond donors (Lipinski definition) is 2. The van der Waals surface area contributed by atoms with Crippen molar-refractivity contribution in [2.45, 2.75) is 12.5 Å². The highest BCUT2D eigenvalue weighted by atomic mass is 16.5. The highest BCUT2D eigenvalue weighted by molar-refractivity contribution is 5.96. The van der Waals surface area contributed by atoms with E-state index in [2.05, 4.69) is 10.9 Å². The molecule has 2 aromatic carbocycles. The molecular formula is C18H18N2O5. The molecule has 7 nitrogen and oxygen atoms in total. The lowest BCUT2D eigenvalue weighted by Gasteiger charge is -2.13. The maximum atomic E-state index is 12.2. The molecule has 0 fully saturated rings. The van der Waals surface area contributed by atoms with Crippen molar-refractivity contribution in [2.24, 2.45) is 0 Å². The molecule has 1 aliphatic rings. The summed E-state index contributed by atoms with van der Waals surface area (Å²) in [5, 5.41) is 0. The fraction of sp³-hybridized carbons (Fsp3) is 0.222. The molecule has 0 unspecified atom stereocenters. The van der Waals surface area contributed by atoms with Crippen molar-refractivity contribution in [3.05, 3.63) is 53.6 Å². The predicted molar refractivity (Wildman–Crippen MR) is 89.7 cm³/mol. The Kier molecular flexibility index (Phi) is 4.74. The first kappa shape index (κ1) is 16.6. The molecule has 2 N–H and O–H groups in total. The summed E-state index contributed by atoms with van der Waals surface area (Å²) in [6.45, 7) is 0. The van der Waals surface area contributed by atoms with E-state index in [-0.39, 0.29) is 0 Å². The number of carbonyl (C=O) groups excluding carboxylic acids is 2. The lowest BCUT2D eigenvalue weighted by Crippen LogP contribution is -2.47. The zero-order valence-corrected chi connectivity index (χ0v) is 13.9. The molecule has 1 heterocycles. The van der Waals surface area contributed by atoms with Crippen LogP contribution in [0, 0.1) is 0 Å². The minimum absolute atomic E-state index is 0.298. The molecule has 130 valence electrons. The molecule has 1 aliphatic heterocycles. The monoisotopic (exact) mass is 342 g/mol. The molecule has 0 aromatic heterocycles. The number of methoxy groups -OCH3 is 2. The van der Waals surface area contributed by atoms with E-state index in [4.69, 9.17) is 14.2 Å². The Morgan fingerprint density at radius 3 is 2.36 bits per heavy atom. The minimum atomic E-state index is -0.669. The standard InChI is InChI=1S/C18H18N2O5/c1-23-13-7-12(8-14(10-13)24-2)17(21)19-20-18(22)16-9-11-5-3-4-6-15(11)25-16/h3-8,10,16H,9H2,1-2H3,(H,19,21)(H,20,22)/t16-/m0/s1. The van der Waals surface area contributed by atoms with Gasteiger partial charge in [0.1, 0.15) is 17.2 Å². The van der Waals surface area contributed by atoms with Gasteiger partial charge in [0.05, 0.1) is 14.2 Å². The first-order valence-corrected chi connectivity index (χ1v) is 7.68. The molecule has 0 saturated carbocycles. The molecular weight excluding hydrogens is 324 g/mol. The van der Waals surface area contributed by atoms with Crippen LogP contribution in [0.25, 0.3) is 0 Å². The normalized spacial score (nSPS) is 14.9. The van der Waals surface area contributed by atoms with E-state index in [0.717, 1.165) is 5.56 Å². The van der Waals surface area contributed by atoms with Crippen LogP contribution < -0.4 is 25.1 Å². The van der Waals surface area contributed by atoms with Crippen LogP contribution in [-0.2, 0) is 11.2 Å². The molecule has 0 bridgehead atoms. The number of amides is 2. The van der Waals surface area contributed by atoms with Gasteiger partial charge in [-0.05, 0) is 23.8 Å². The zero-order valence-electron chi connectivity index (χ0n) is 13.9. The number of hydrogen-bond acceptors (Lipinski definition) is 5. The quantitative estimate of drug-likeness (QED) is 0.822. The number of fused-ring (bicyclic) bond motifs is 1. The average Bonchev–Trinajstić information content (AvgIpc) is 3.09. The highest BCUT2D eigenvalue weighted by Crippen LogP contribution is 2.28. The number of ether oxygens (including phenoxy) is 3. The molecule has 1 atom stereocenters. The van der Waals surface area contributed by atoms with Crippen molar-refractivity contribution in [3.8, 4) is 17.2 Å². The third-order valence-corrected chi connectivity index (χ3v) is 3.85. The van der Waals surface area contributed by atoms with Crippen molar-refractivity contribution in [2.75, 3.05) is 14.2 Å². The van der Waals surface area contributed by atoms with Gasteiger partial charge in [0.25, 0.3) is 11.8 Å². The molecule has 0 aliphatic carbocycles. The van der Waals surface area contributed by atoms with E-state index >= 15 is 0 Å². The number of benzene rings is 2. The maximum absolute atomic E-state index is 12.2. The Morgan fingerprint density at radius 1 is 1.04 bits per heavy atom. The van der Waals surface area contributed by atoms with Crippen molar-refractivity contribution >= 4 is 11.8 Å². The molecule has 25 heavy (non-hydrogen) atoms. The molecule has 0 saturated heterocycles. The van der Waals surface area contributed by atoms with Crippen molar-refractivity contribution in [1.29, 1.82) is 0 Å². The van der Waals surface area contributed by atoms with Crippen LogP contribution in [0.1, 0.15) is 15.9 Å². The SMILES string of the molecule is COc1cc(OC)cc(C(=O)NNC(=O)[C@@H]2Cc3ccccc3O2)c1. The van der Waals surface area contributed by atoms with E-state index < -0.39 is 17.9 Å². The van der Waals surface area contributed by atoms with Crippen molar-refractivity contribution in [3.63, 3.8) is 0 Å². The lowest BCUT2D eigenvalue weighted by atomic mass is 10.1. The van der Waals surface area contributed by atoms with Crippen molar-refractivity contribution < 1.29 is 23.8 Å². The Labute approximate surface area is 144 Å². The second kappa shape index (κ2) is 7.12. The van der Waals surface area contributed by atoms with Gasteiger partial charge in [-0.3, -0.25) is 20.4 Å². The van der Waals surface area contributed by atoms with Crippen LogP contribution in [0.2, 0.25) is 0 Å². The second-order valence-corrected chi connectivity index (χ2v) is 5.46. The maximum Gasteiger partial charge on any atom is 0.279 e. The summed E-state index contributed by atoms with van der Waals surface area (Å²) in [7, 11) is 2.99. The fourth-order valence-electron chi connectivity index (χ4n) is 2.54. The zero-order chi connectivity index (χ0) is 17.8. The summed E-state index contributed by atoms with van der Waals surface area (Å²) < 4.78 is 15.8. The van der Waals surface area contributed by atoms with Crippen LogP contribution in [0.15, 0.2) is 42.5 Å². The first-order chi connectivity index (χ1) is 12.1. The van der Waals surface area contributed by atoms with Gasteiger partial charge in [0.15, 0.2) is 6.10 Å². The van der Waals surface area contributed by atoms with E-state index in [1.165, 1.54) is 14.2 Å². The summed E-state index contributed by atoms with van der Waals surface area (Å²) in [4.78, 5) is 24.4. The van der Waals surface area contributed by atoms with Gasteiger partial charge in [-0.2, -0.15) is 0 Å². The van der Waals surface area contributed by atoms with E-state index in [9.17, 15) is 9.59 Å². The van der Waals surface area contributed by atoms with Gasteiger partial charge in [-0.15, -0.1) is 0 Å². The van der Waals surface area contributed by atoms with Gasteiger partial charge in [0.2, 0.25) is 0 Å². The molecule has 2 amide bonds. The van der Waals surface area contributed by atoms with E-state index in [0.29, 0.717) is 29.2 Å². The summed E-state index contributed by atoms with van der Waals surface area (Å²) in [6.07, 6.45) is -0.206.